The Morgan fingerprint density at radius 3 is 2.59 bits per heavy atom. The minimum absolute atomic E-state index is 0.0475. The minimum atomic E-state index is -1.18. The van der Waals surface area contributed by atoms with Gasteiger partial charge in [-0.05, 0) is 23.5 Å². The van der Waals surface area contributed by atoms with Crippen LogP contribution in [-0.2, 0) is 17.6 Å². The molecule has 0 radical (unpaired) electrons. The molecule has 3 aliphatic heterocycles. The number of pyridine rings is 1. The fraction of sp³-hybridized carbons (Fsp3) is 0.478. The number of ether oxygens (including phenoxy) is 2. The highest BCUT2D eigenvalue weighted by molar-refractivity contribution is 5.88. The molecule has 6 heteroatoms. The Hall–Kier alpha value is -2.60. The molecular formula is C23H25NO5. The smallest absolute Gasteiger partial charge is 0.341 e. The van der Waals surface area contributed by atoms with E-state index in [1.54, 1.807) is 0 Å². The van der Waals surface area contributed by atoms with Crippen LogP contribution in [0.4, 0.5) is 0 Å². The van der Waals surface area contributed by atoms with Crippen molar-refractivity contribution in [2.24, 2.45) is 5.41 Å². The van der Waals surface area contributed by atoms with Crippen LogP contribution < -0.4 is 10.2 Å². The van der Waals surface area contributed by atoms with E-state index in [2.05, 4.69) is 26.8 Å². The minimum Gasteiger partial charge on any atom is -0.493 e. The lowest BCUT2D eigenvalue weighted by Crippen LogP contribution is -2.33. The number of rotatable bonds is 2. The molecule has 0 spiro atoms. The van der Waals surface area contributed by atoms with Gasteiger partial charge in [0.05, 0.1) is 25.5 Å². The molecule has 1 atom stereocenters. The van der Waals surface area contributed by atoms with Gasteiger partial charge >= 0.3 is 5.97 Å². The van der Waals surface area contributed by atoms with Gasteiger partial charge in [-0.1, -0.05) is 20.8 Å². The number of hydrogen-bond acceptors (Lipinski definition) is 4. The monoisotopic (exact) mass is 395 g/mol. The Labute approximate surface area is 169 Å². The SMILES string of the molecule is CC(C)(C)[C@@H]1Cc2c(cc(C3COC3)c3c2CCO3)-c2cc(=O)c(C(=O)O)cn21. The van der Waals surface area contributed by atoms with E-state index in [1.807, 2.05) is 4.57 Å². The molecule has 1 aromatic carbocycles. The lowest BCUT2D eigenvalue weighted by Gasteiger charge is -2.40. The highest BCUT2D eigenvalue weighted by Crippen LogP contribution is 2.49. The van der Waals surface area contributed by atoms with Gasteiger partial charge in [0.1, 0.15) is 11.3 Å². The zero-order chi connectivity index (χ0) is 20.5. The number of aromatic carboxylic acids is 1. The van der Waals surface area contributed by atoms with Crippen LogP contribution in [0.5, 0.6) is 5.75 Å². The maximum atomic E-state index is 12.6. The first kappa shape index (κ1) is 18.4. The van der Waals surface area contributed by atoms with Crippen molar-refractivity contribution < 1.29 is 19.4 Å². The number of carboxylic acids is 1. The van der Waals surface area contributed by atoms with Gasteiger partial charge in [-0.15, -0.1) is 0 Å². The van der Waals surface area contributed by atoms with Gasteiger partial charge in [-0.3, -0.25) is 4.79 Å². The van der Waals surface area contributed by atoms with E-state index >= 15 is 0 Å². The maximum Gasteiger partial charge on any atom is 0.341 e. The lowest BCUT2D eigenvalue weighted by atomic mass is 9.76. The summed E-state index contributed by atoms with van der Waals surface area (Å²) in [6, 6.07) is 3.70. The molecule has 0 aliphatic carbocycles. The molecule has 4 heterocycles. The fourth-order valence-electron chi connectivity index (χ4n) is 4.85. The Bertz CT molecular complexity index is 1090. The summed E-state index contributed by atoms with van der Waals surface area (Å²) >= 11 is 0. The van der Waals surface area contributed by atoms with Crippen LogP contribution >= 0.6 is 0 Å². The van der Waals surface area contributed by atoms with Crippen LogP contribution in [0.25, 0.3) is 11.3 Å². The van der Waals surface area contributed by atoms with Gasteiger partial charge < -0.3 is 19.1 Å². The predicted molar refractivity (Wildman–Crippen MR) is 108 cm³/mol. The van der Waals surface area contributed by atoms with E-state index in [0.29, 0.717) is 25.7 Å². The molecule has 1 saturated heterocycles. The molecule has 1 N–H and O–H groups in total. The van der Waals surface area contributed by atoms with Crippen LogP contribution in [0.3, 0.4) is 0 Å². The number of benzene rings is 1. The summed E-state index contributed by atoms with van der Waals surface area (Å²) in [7, 11) is 0. The first-order chi connectivity index (χ1) is 13.8. The third-order valence-corrected chi connectivity index (χ3v) is 6.52. The second-order valence-corrected chi connectivity index (χ2v) is 9.37. The largest absolute Gasteiger partial charge is 0.493 e. The molecule has 3 aliphatic rings. The van der Waals surface area contributed by atoms with Crippen LogP contribution in [0.15, 0.2) is 23.1 Å². The number of carbonyl (C=O) groups is 1. The number of hydrogen-bond donors (Lipinski definition) is 1. The van der Waals surface area contributed by atoms with E-state index in [4.69, 9.17) is 9.47 Å². The molecule has 6 nitrogen and oxygen atoms in total. The van der Waals surface area contributed by atoms with Gasteiger partial charge in [0.15, 0.2) is 5.43 Å². The third-order valence-electron chi connectivity index (χ3n) is 6.52. The summed E-state index contributed by atoms with van der Waals surface area (Å²) in [5.74, 6) is 0.132. The zero-order valence-corrected chi connectivity index (χ0v) is 16.9. The second kappa shape index (κ2) is 6.20. The average Bonchev–Trinajstić information content (AvgIpc) is 3.08. The number of nitrogens with zero attached hydrogens (tertiary/aromatic N) is 1. The van der Waals surface area contributed by atoms with E-state index in [-0.39, 0.29) is 17.0 Å². The summed E-state index contributed by atoms with van der Waals surface area (Å²) in [5.41, 5.74) is 4.74. The summed E-state index contributed by atoms with van der Waals surface area (Å²) in [5, 5.41) is 9.49. The second-order valence-electron chi connectivity index (χ2n) is 9.37. The van der Waals surface area contributed by atoms with Crippen molar-refractivity contribution in [2.75, 3.05) is 19.8 Å². The zero-order valence-electron chi connectivity index (χ0n) is 16.9. The first-order valence-electron chi connectivity index (χ1n) is 10.1. The molecule has 2 aromatic rings. The molecule has 1 aromatic heterocycles. The first-order valence-corrected chi connectivity index (χ1v) is 10.1. The topological polar surface area (TPSA) is 77.8 Å². The van der Waals surface area contributed by atoms with Crippen molar-refractivity contribution in [1.29, 1.82) is 0 Å². The maximum absolute atomic E-state index is 12.6. The van der Waals surface area contributed by atoms with Crippen molar-refractivity contribution in [1.82, 2.24) is 4.57 Å². The Morgan fingerprint density at radius 2 is 1.97 bits per heavy atom. The quantitative estimate of drug-likeness (QED) is 0.843. The van der Waals surface area contributed by atoms with E-state index in [9.17, 15) is 14.7 Å². The number of aromatic nitrogens is 1. The molecular weight excluding hydrogens is 370 g/mol. The fourth-order valence-corrected chi connectivity index (χ4v) is 4.85. The molecule has 0 unspecified atom stereocenters. The number of carboxylic acid groups (broad SMARTS) is 1. The Balaban J connectivity index is 1.80. The van der Waals surface area contributed by atoms with Gasteiger partial charge in [0.2, 0.25) is 0 Å². The summed E-state index contributed by atoms with van der Waals surface area (Å²) in [6.45, 7) is 8.51. The molecule has 29 heavy (non-hydrogen) atoms. The van der Waals surface area contributed by atoms with Crippen LogP contribution in [0, 0.1) is 5.41 Å². The molecule has 0 amide bonds. The molecule has 5 rings (SSSR count). The Kier molecular flexibility index (Phi) is 3.94. The van der Waals surface area contributed by atoms with Crippen molar-refractivity contribution in [3.05, 3.63) is 50.8 Å². The predicted octanol–water partition coefficient (Wildman–Crippen LogP) is 3.41. The molecule has 0 saturated carbocycles. The van der Waals surface area contributed by atoms with Gasteiger partial charge in [0, 0.05) is 47.3 Å². The molecule has 0 bridgehead atoms. The average molecular weight is 395 g/mol. The van der Waals surface area contributed by atoms with E-state index < -0.39 is 11.4 Å². The Morgan fingerprint density at radius 1 is 1.21 bits per heavy atom. The van der Waals surface area contributed by atoms with Crippen LogP contribution in [-0.4, -0.2) is 35.5 Å². The van der Waals surface area contributed by atoms with Crippen LogP contribution in [0.1, 0.15) is 59.8 Å². The van der Waals surface area contributed by atoms with E-state index in [1.165, 1.54) is 23.4 Å². The number of fused-ring (bicyclic) bond motifs is 5. The summed E-state index contributed by atoms with van der Waals surface area (Å²) < 4.78 is 13.5. The van der Waals surface area contributed by atoms with Gasteiger partial charge in [-0.25, -0.2) is 4.79 Å². The van der Waals surface area contributed by atoms with Crippen molar-refractivity contribution in [3.8, 4) is 17.0 Å². The highest BCUT2D eigenvalue weighted by atomic mass is 16.5. The normalized spacial score (nSPS) is 20.3. The molecule has 1 fully saturated rings. The highest BCUT2D eigenvalue weighted by Gasteiger charge is 2.38. The van der Waals surface area contributed by atoms with Crippen LogP contribution in [0.2, 0.25) is 0 Å². The lowest BCUT2D eigenvalue weighted by molar-refractivity contribution is 0.00752. The van der Waals surface area contributed by atoms with Gasteiger partial charge in [0.25, 0.3) is 0 Å². The standard InChI is InChI=1S/C23H25NO5/c1-23(2,3)20-7-15-13-4-5-29-21(13)14(12-10-28-11-12)6-16(15)18-8-19(25)17(22(26)27)9-24(18)20/h6,8-9,12,20H,4-5,7,10-11H2,1-3H3,(H,26,27)/t20-/m0/s1. The van der Waals surface area contributed by atoms with Crippen molar-refractivity contribution in [3.63, 3.8) is 0 Å². The van der Waals surface area contributed by atoms with Gasteiger partial charge in [-0.2, -0.15) is 0 Å². The van der Waals surface area contributed by atoms with E-state index in [0.717, 1.165) is 35.4 Å². The van der Waals surface area contributed by atoms with Crippen molar-refractivity contribution >= 4 is 5.97 Å². The third kappa shape index (κ3) is 2.73. The van der Waals surface area contributed by atoms with Crippen molar-refractivity contribution in [2.45, 2.75) is 45.6 Å². The summed E-state index contributed by atoms with van der Waals surface area (Å²) in [4.78, 5) is 24.2. The summed E-state index contributed by atoms with van der Waals surface area (Å²) in [6.07, 6.45) is 3.20. The molecule has 152 valence electrons.